The molecule has 1 aliphatic heterocycles. The highest BCUT2D eigenvalue weighted by atomic mass is 127. The largest absolute Gasteiger partial charge is 0.378 e. The maximum atomic E-state index is 5.45. The van der Waals surface area contributed by atoms with Crippen LogP contribution in [0.15, 0.2) is 29.5 Å². The molecule has 0 atom stereocenters. The first-order valence-corrected chi connectivity index (χ1v) is 10.3. The van der Waals surface area contributed by atoms with Gasteiger partial charge >= 0.3 is 0 Å². The van der Waals surface area contributed by atoms with E-state index in [4.69, 9.17) is 9.73 Å². The van der Waals surface area contributed by atoms with E-state index >= 15 is 0 Å². The number of nitrogens with zero attached hydrogens (tertiary/aromatic N) is 4. The third-order valence-corrected chi connectivity index (χ3v) is 5.43. The quantitative estimate of drug-likeness (QED) is 0.335. The van der Waals surface area contributed by atoms with Gasteiger partial charge in [-0.1, -0.05) is 13.0 Å². The number of hydrogen-bond donors (Lipinski definition) is 2. The lowest BCUT2D eigenvalue weighted by Gasteiger charge is -2.29. The summed E-state index contributed by atoms with van der Waals surface area (Å²) in [6, 6.07) is 4.07. The number of ether oxygens (including phenoxy) is 1. The van der Waals surface area contributed by atoms with Crippen LogP contribution in [0, 0.1) is 0 Å². The van der Waals surface area contributed by atoms with E-state index in [1.165, 1.54) is 4.88 Å². The smallest absolute Gasteiger partial charge is 0.191 e. The van der Waals surface area contributed by atoms with Crippen LogP contribution in [0.4, 0.5) is 5.82 Å². The zero-order valence-electron chi connectivity index (χ0n) is 16.5. The van der Waals surface area contributed by atoms with Crippen molar-refractivity contribution in [3.8, 4) is 0 Å². The third-order valence-electron chi connectivity index (χ3n) is 4.29. The Balaban J connectivity index is 0.00000280. The molecule has 1 fully saturated rings. The van der Waals surface area contributed by atoms with Gasteiger partial charge in [0.1, 0.15) is 10.8 Å². The molecule has 0 unspecified atom stereocenters. The number of pyridine rings is 1. The van der Waals surface area contributed by atoms with Crippen LogP contribution in [0.5, 0.6) is 0 Å². The topological polar surface area (TPSA) is 74.7 Å². The molecule has 28 heavy (non-hydrogen) atoms. The van der Waals surface area contributed by atoms with Crippen molar-refractivity contribution in [1.29, 1.82) is 0 Å². The second-order valence-corrected chi connectivity index (χ2v) is 7.41. The van der Waals surface area contributed by atoms with E-state index in [0.717, 1.165) is 61.6 Å². The molecule has 2 aromatic heterocycles. The molecule has 0 bridgehead atoms. The van der Waals surface area contributed by atoms with Crippen molar-refractivity contribution in [2.24, 2.45) is 4.99 Å². The summed E-state index contributed by atoms with van der Waals surface area (Å²) >= 11 is 1.74. The molecule has 0 radical (unpaired) electrons. The summed E-state index contributed by atoms with van der Waals surface area (Å²) in [5, 5.41) is 7.76. The first-order valence-electron chi connectivity index (χ1n) is 9.52. The lowest BCUT2D eigenvalue weighted by atomic mass is 10.2. The second-order valence-electron chi connectivity index (χ2n) is 6.21. The number of hydrogen-bond acceptors (Lipinski definition) is 6. The van der Waals surface area contributed by atoms with Crippen molar-refractivity contribution in [2.75, 3.05) is 37.7 Å². The number of aromatic nitrogens is 2. The number of halogens is 1. The van der Waals surface area contributed by atoms with E-state index in [9.17, 15) is 0 Å². The van der Waals surface area contributed by atoms with Crippen LogP contribution >= 0.6 is 35.3 Å². The lowest BCUT2D eigenvalue weighted by molar-refractivity contribution is 0.122. The number of guanidine groups is 1. The van der Waals surface area contributed by atoms with Gasteiger partial charge in [0, 0.05) is 42.5 Å². The Labute approximate surface area is 188 Å². The van der Waals surface area contributed by atoms with Crippen LogP contribution < -0.4 is 15.5 Å². The summed E-state index contributed by atoms with van der Waals surface area (Å²) in [6.07, 6.45) is 4.82. The molecule has 0 aromatic carbocycles. The van der Waals surface area contributed by atoms with Crippen molar-refractivity contribution in [1.82, 2.24) is 20.6 Å². The SMILES string of the molecule is CCNC(=NCc1cccnc1N1CCOCC1)NCc1ncc(CC)s1.I. The van der Waals surface area contributed by atoms with E-state index < -0.39 is 0 Å². The molecule has 0 amide bonds. The Hall–Kier alpha value is -1.46. The van der Waals surface area contributed by atoms with Gasteiger partial charge in [-0.2, -0.15) is 0 Å². The summed E-state index contributed by atoms with van der Waals surface area (Å²) in [5.41, 5.74) is 1.12. The normalized spacial score (nSPS) is 14.5. The Kier molecular flexibility index (Phi) is 9.93. The monoisotopic (exact) mass is 516 g/mol. The number of rotatable bonds is 7. The molecule has 3 rings (SSSR count). The summed E-state index contributed by atoms with van der Waals surface area (Å²) in [4.78, 5) is 17.4. The van der Waals surface area contributed by atoms with E-state index in [1.54, 1.807) is 11.3 Å². The molecule has 0 spiro atoms. The second kappa shape index (κ2) is 12.2. The first-order chi connectivity index (χ1) is 13.3. The van der Waals surface area contributed by atoms with Crippen LogP contribution in [0.25, 0.3) is 0 Å². The van der Waals surface area contributed by atoms with Crippen LogP contribution in [0.1, 0.15) is 29.3 Å². The maximum Gasteiger partial charge on any atom is 0.191 e. The zero-order chi connectivity index (χ0) is 18.9. The highest BCUT2D eigenvalue weighted by molar-refractivity contribution is 14.0. The van der Waals surface area contributed by atoms with Crippen molar-refractivity contribution in [3.63, 3.8) is 0 Å². The molecule has 7 nitrogen and oxygen atoms in total. The standard InChI is InChI=1S/C19H28N6OS.HI/c1-3-16-13-22-17(27-16)14-24-19(20-4-2)23-12-15-6-5-7-21-18(15)25-8-10-26-11-9-25;/h5-7,13H,3-4,8-12,14H2,1-2H3,(H2,20,23,24);1H. The highest BCUT2D eigenvalue weighted by Gasteiger charge is 2.15. The van der Waals surface area contributed by atoms with Gasteiger partial charge in [-0.05, 0) is 19.4 Å². The molecular weight excluding hydrogens is 487 g/mol. The van der Waals surface area contributed by atoms with Gasteiger partial charge in [0.05, 0.1) is 26.3 Å². The summed E-state index contributed by atoms with van der Waals surface area (Å²) < 4.78 is 5.45. The number of aliphatic imine (C=N–C) groups is 1. The van der Waals surface area contributed by atoms with Gasteiger partial charge < -0.3 is 20.3 Å². The molecule has 9 heteroatoms. The van der Waals surface area contributed by atoms with Gasteiger partial charge in [-0.3, -0.25) is 0 Å². The minimum absolute atomic E-state index is 0. The van der Waals surface area contributed by atoms with Gasteiger partial charge in [-0.15, -0.1) is 35.3 Å². The average Bonchev–Trinajstić information content (AvgIpc) is 3.19. The molecule has 0 saturated carbocycles. The molecule has 1 saturated heterocycles. The van der Waals surface area contributed by atoms with E-state index in [-0.39, 0.29) is 24.0 Å². The Morgan fingerprint density at radius 3 is 2.79 bits per heavy atom. The summed E-state index contributed by atoms with van der Waals surface area (Å²) in [6.45, 7) is 9.52. The molecule has 1 aliphatic rings. The number of aryl methyl sites for hydroxylation is 1. The van der Waals surface area contributed by atoms with E-state index in [0.29, 0.717) is 13.1 Å². The first kappa shape index (κ1) is 22.8. The fourth-order valence-corrected chi connectivity index (χ4v) is 3.67. The molecule has 154 valence electrons. The number of nitrogens with one attached hydrogen (secondary N) is 2. The molecule has 3 heterocycles. The molecule has 2 N–H and O–H groups in total. The van der Waals surface area contributed by atoms with Crippen LogP contribution in [-0.4, -0.2) is 48.8 Å². The fourth-order valence-electron chi connectivity index (χ4n) is 2.87. The van der Waals surface area contributed by atoms with Gasteiger partial charge in [0.25, 0.3) is 0 Å². The Morgan fingerprint density at radius 2 is 2.07 bits per heavy atom. The highest BCUT2D eigenvalue weighted by Crippen LogP contribution is 2.19. The van der Waals surface area contributed by atoms with Gasteiger partial charge in [-0.25, -0.2) is 15.0 Å². The Bertz CT molecular complexity index is 748. The van der Waals surface area contributed by atoms with Crippen molar-refractivity contribution in [3.05, 3.63) is 40.0 Å². The van der Waals surface area contributed by atoms with Crippen molar-refractivity contribution < 1.29 is 4.74 Å². The average molecular weight is 516 g/mol. The number of morpholine rings is 1. The zero-order valence-corrected chi connectivity index (χ0v) is 19.6. The van der Waals surface area contributed by atoms with Gasteiger partial charge in [0.2, 0.25) is 0 Å². The fraction of sp³-hybridized carbons (Fsp3) is 0.526. The van der Waals surface area contributed by atoms with Crippen LogP contribution in [-0.2, 0) is 24.2 Å². The van der Waals surface area contributed by atoms with Crippen LogP contribution in [0.2, 0.25) is 0 Å². The molecule has 2 aromatic rings. The summed E-state index contributed by atoms with van der Waals surface area (Å²) in [7, 11) is 0. The predicted molar refractivity (Wildman–Crippen MR) is 126 cm³/mol. The van der Waals surface area contributed by atoms with Crippen molar-refractivity contribution >= 4 is 47.1 Å². The van der Waals surface area contributed by atoms with Crippen LogP contribution in [0.3, 0.4) is 0 Å². The molecular formula is C19H29IN6OS. The minimum Gasteiger partial charge on any atom is -0.378 e. The minimum atomic E-state index is 0. The van der Waals surface area contributed by atoms with E-state index in [2.05, 4.69) is 45.4 Å². The molecule has 0 aliphatic carbocycles. The summed E-state index contributed by atoms with van der Waals surface area (Å²) in [5.74, 6) is 1.80. The van der Waals surface area contributed by atoms with E-state index in [1.807, 2.05) is 18.5 Å². The Morgan fingerprint density at radius 1 is 1.25 bits per heavy atom. The number of thiazole rings is 1. The maximum absolute atomic E-state index is 5.45. The third kappa shape index (κ3) is 6.56. The van der Waals surface area contributed by atoms with Gasteiger partial charge in [0.15, 0.2) is 5.96 Å². The van der Waals surface area contributed by atoms with Crippen molar-refractivity contribution in [2.45, 2.75) is 33.4 Å². The number of anilines is 1. The predicted octanol–water partition coefficient (Wildman–Crippen LogP) is 2.81. The lowest BCUT2D eigenvalue weighted by Crippen LogP contribution is -2.38.